The summed E-state index contributed by atoms with van der Waals surface area (Å²) in [6, 6.07) is 5.51. The van der Waals surface area contributed by atoms with Gasteiger partial charge in [0.05, 0.1) is 24.7 Å². The van der Waals surface area contributed by atoms with Crippen molar-refractivity contribution < 1.29 is 32.6 Å². The van der Waals surface area contributed by atoms with Crippen LogP contribution in [-0.2, 0) is 20.2 Å². The molecule has 1 aromatic carbocycles. The van der Waals surface area contributed by atoms with Crippen LogP contribution in [0.15, 0.2) is 36.9 Å². The molecule has 3 rings (SSSR count). The van der Waals surface area contributed by atoms with E-state index in [4.69, 9.17) is 14.2 Å². The van der Waals surface area contributed by atoms with Crippen molar-refractivity contribution >= 4 is 23.1 Å². The minimum atomic E-state index is -3.52. The van der Waals surface area contributed by atoms with Gasteiger partial charge < -0.3 is 14.2 Å². The molecule has 1 aliphatic heterocycles. The smallest absolute Gasteiger partial charge is 0.411 e. The lowest BCUT2D eigenvalue weighted by molar-refractivity contribution is -0.145. The molecule has 1 amide bonds. The predicted octanol–water partition coefficient (Wildman–Crippen LogP) is 4.23. The number of esters is 1. The molecule has 1 fully saturated rings. The Morgan fingerprint density at radius 3 is 2.36 bits per heavy atom. The van der Waals surface area contributed by atoms with Crippen molar-refractivity contribution in [3.8, 4) is 5.88 Å². The number of rotatable bonds is 5. The summed E-state index contributed by atoms with van der Waals surface area (Å²) < 4.78 is 45.5. The minimum Gasteiger partial charge on any atom is -0.468 e. The lowest BCUT2D eigenvalue weighted by atomic mass is 10.0. The van der Waals surface area contributed by atoms with Gasteiger partial charge in [0.15, 0.2) is 5.69 Å². The average Bonchev–Trinajstić information content (AvgIpc) is 3.09. The minimum absolute atomic E-state index is 0.0213. The number of alkyl halides is 2. The second-order valence-corrected chi connectivity index (χ2v) is 9.10. The predicted molar refractivity (Wildman–Crippen MR) is 116 cm³/mol. The van der Waals surface area contributed by atoms with Crippen molar-refractivity contribution in [2.45, 2.75) is 57.3 Å². The van der Waals surface area contributed by atoms with Gasteiger partial charge in [-0.3, -0.25) is 4.90 Å². The molecular weight excluding hydrogens is 436 g/mol. The van der Waals surface area contributed by atoms with E-state index in [1.54, 1.807) is 52.0 Å². The molecule has 2 atom stereocenters. The van der Waals surface area contributed by atoms with Gasteiger partial charge in [0.2, 0.25) is 5.88 Å². The Balaban J connectivity index is 2.01. The first-order valence-electron chi connectivity index (χ1n) is 10.3. The zero-order valence-corrected chi connectivity index (χ0v) is 19.2. The van der Waals surface area contributed by atoms with Crippen LogP contribution in [0, 0.1) is 0 Å². The van der Waals surface area contributed by atoms with Gasteiger partial charge in [0.1, 0.15) is 17.2 Å². The molecule has 33 heavy (non-hydrogen) atoms. The van der Waals surface area contributed by atoms with Crippen LogP contribution in [0.1, 0.15) is 39.8 Å². The maximum Gasteiger partial charge on any atom is 0.411 e. The molecule has 2 heterocycles. The number of aromatic nitrogens is 2. The molecule has 0 radical (unpaired) electrons. The molecule has 0 spiro atoms. The van der Waals surface area contributed by atoms with Crippen molar-refractivity contribution in [3.05, 3.63) is 42.6 Å². The first kappa shape index (κ1) is 24.3. The van der Waals surface area contributed by atoms with Gasteiger partial charge in [0.25, 0.3) is 0 Å². The molecule has 0 aliphatic carbocycles. The summed E-state index contributed by atoms with van der Waals surface area (Å²) in [5, 5.41) is 0. The van der Waals surface area contributed by atoms with Gasteiger partial charge >= 0.3 is 18.0 Å². The fourth-order valence-corrected chi connectivity index (χ4v) is 3.59. The van der Waals surface area contributed by atoms with Crippen LogP contribution in [0.3, 0.4) is 0 Å². The van der Waals surface area contributed by atoms with Crippen LogP contribution in [0.5, 0.6) is 5.88 Å². The van der Waals surface area contributed by atoms with Crippen LogP contribution in [0.25, 0.3) is 11.0 Å². The summed E-state index contributed by atoms with van der Waals surface area (Å²) in [5.41, 5.74) is -2.14. The van der Waals surface area contributed by atoms with Gasteiger partial charge in [0, 0.05) is 6.42 Å². The third kappa shape index (κ3) is 5.20. The fraction of sp³-hybridized carbons (Fsp3) is 0.478. The number of allylic oxidation sites excluding steroid dienone is 1. The molecule has 0 saturated carbocycles. The number of carbonyl (C=O) groups excluding carboxylic acids is 2. The van der Waals surface area contributed by atoms with Crippen LogP contribution < -0.4 is 4.74 Å². The first-order valence-corrected chi connectivity index (χ1v) is 10.3. The van der Waals surface area contributed by atoms with E-state index in [1.165, 1.54) is 12.0 Å². The number of likely N-dealkylation sites (tertiary alicyclic amines) is 1. The number of benzene rings is 1. The van der Waals surface area contributed by atoms with Crippen molar-refractivity contribution in [1.82, 2.24) is 14.9 Å². The number of carbonyl (C=O) groups is 2. The van der Waals surface area contributed by atoms with Gasteiger partial charge in [-0.25, -0.2) is 19.6 Å². The van der Waals surface area contributed by atoms with E-state index < -0.39 is 46.8 Å². The standard InChI is InChI=1S/C23H27F2N3O5/c1-7-23(24,25)17-18(27-15-11-9-8-10-14(15)26-17)32-22(5)12-16(19(29)31-6)28(13-22)20(30)33-21(2,3)4/h7-11,16H,1,12-13H2,2-6H3/t16-,22+/m0/s1. The fourth-order valence-electron chi connectivity index (χ4n) is 3.59. The normalized spacial score (nSPS) is 21.1. The molecular formula is C23H27F2N3O5. The summed E-state index contributed by atoms with van der Waals surface area (Å²) >= 11 is 0. The van der Waals surface area contributed by atoms with E-state index >= 15 is 0 Å². The van der Waals surface area contributed by atoms with Gasteiger partial charge in [-0.15, -0.1) is 0 Å². The molecule has 2 aromatic rings. The number of hydrogen-bond acceptors (Lipinski definition) is 7. The van der Waals surface area contributed by atoms with E-state index in [1.807, 2.05) is 0 Å². The summed E-state index contributed by atoms with van der Waals surface area (Å²) in [7, 11) is 1.20. The zero-order chi connectivity index (χ0) is 24.6. The highest BCUT2D eigenvalue weighted by molar-refractivity contribution is 5.82. The lowest BCUT2D eigenvalue weighted by Gasteiger charge is -2.29. The number of fused-ring (bicyclic) bond motifs is 1. The van der Waals surface area contributed by atoms with E-state index in [0.717, 1.165) is 0 Å². The Hall–Kier alpha value is -3.30. The molecule has 1 aliphatic rings. The highest BCUT2D eigenvalue weighted by Crippen LogP contribution is 2.39. The molecule has 0 N–H and O–H groups in total. The molecule has 178 valence electrons. The van der Waals surface area contributed by atoms with Gasteiger partial charge in [-0.05, 0) is 45.9 Å². The molecule has 1 saturated heterocycles. The Labute approximate surface area is 190 Å². The third-order valence-electron chi connectivity index (χ3n) is 5.06. The SMILES string of the molecule is C=CC(F)(F)c1nc2ccccc2nc1O[C@]1(C)C[C@@H](C(=O)OC)N(C(=O)OC(C)(C)C)C1. The number of ether oxygens (including phenoxy) is 3. The number of nitrogens with zero attached hydrogens (tertiary/aromatic N) is 3. The molecule has 8 nitrogen and oxygen atoms in total. The zero-order valence-electron chi connectivity index (χ0n) is 19.2. The molecule has 0 unspecified atom stereocenters. The average molecular weight is 463 g/mol. The second-order valence-electron chi connectivity index (χ2n) is 9.10. The summed E-state index contributed by atoms with van der Waals surface area (Å²) in [5.74, 6) is -4.60. The Morgan fingerprint density at radius 1 is 1.21 bits per heavy atom. The third-order valence-corrected chi connectivity index (χ3v) is 5.06. The van der Waals surface area contributed by atoms with E-state index in [9.17, 15) is 18.4 Å². The summed E-state index contributed by atoms with van der Waals surface area (Å²) in [4.78, 5) is 34.6. The Morgan fingerprint density at radius 2 is 1.82 bits per heavy atom. The van der Waals surface area contributed by atoms with E-state index in [0.29, 0.717) is 11.6 Å². The van der Waals surface area contributed by atoms with Gasteiger partial charge in [-0.1, -0.05) is 18.7 Å². The first-order chi connectivity index (χ1) is 15.3. The van der Waals surface area contributed by atoms with E-state index in [-0.39, 0.29) is 18.5 Å². The molecule has 1 aromatic heterocycles. The topological polar surface area (TPSA) is 90.9 Å². The van der Waals surface area contributed by atoms with Crippen LogP contribution in [-0.4, -0.2) is 57.8 Å². The Bertz CT molecular complexity index is 1090. The van der Waals surface area contributed by atoms with Crippen LogP contribution >= 0.6 is 0 Å². The summed E-state index contributed by atoms with van der Waals surface area (Å²) in [6.45, 7) is 9.75. The number of methoxy groups -OCH3 is 1. The number of amides is 1. The second kappa shape index (κ2) is 8.57. The monoisotopic (exact) mass is 463 g/mol. The van der Waals surface area contributed by atoms with Gasteiger partial charge in [-0.2, -0.15) is 8.78 Å². The molecule has 10 heteroatoms. The van der Waals surface area contributed by atoms with Crippen molar-refractivity contribution in [3.63, 3.8) is 0 Å². The maximum atomic E-state index is 14.7. The van der Waals surface area contributed by atoms with Crippen molar-refractivity contribution in [1.29, 1.82) is 0 Å². The number of hydrogen-bond donors (Lipinski definition) is 0. The summed E-state index contributed by atoms with van der Waals surface area (Å²) in [6.07, 6.45) is -0.307. The highest BCUT2D eigenvalue weighted by atomic mass is 19.3. The Kier molecular flexibility index (Phi) is 6.32. The number of para-hydroxylation sites is 2. The maximum absolute atomic E-state index is 14.7. The van der Waals surface area contributed by atoms with Crippen LogP contribution in [0.2, 0.25) is 0 Å². The van der Waals surface area contributed by atoms with Crippen molar-refractivity contribution in [2.24, 2.45) is 0 Å². The quantitative estimate of drug-likeness (QED) is 0.484. The highest BCUT2D eigenvalue weighted by Gasteiger charge is 2.51. The van der Waals surface area contributed by atoms with E-state index in [2.05, 4.69) is 16.5 Å². The number of halogens is 2. The molecule has 0 bridgehead atoms. The van der Waals surface area contributed by atoms with Crippen LogP contribution in [0.4, 0.5) is 13.6 Å². The largest absolute Gasteiger partial charge is 0.468 e. The lowest BCUT2D eigenvalue weighted by Crippen LogP contribution is -2.44. The van der Waals surface area contributed by atoms with Crippen molar-refractivity contribution in [2.75, 3.05) is 13.7 Å².